The number of nitrogens with one attached hydrogen (secondary N) is 1. The summed E-state index contributed by atoms with van der Waals surface area (Å²) in [5.41, 5.74) is 9.87. The van der Waals surface area contributed by atoms with Gasteiger partial charge in [0.05, 0.1) is 30.2 Å². The van der Waals surface area contributed by atoms with Crippen molar-refractivity contribution in [2.24, 2.45) is 15.9 Å². The number of nitrogens with zero attached hydrogens (tertiary/aromatic N) is 7. The first kappa shape index (κ1) is 42.2. The van der Waals surface area contributed by atoms with Crippen LogP contribution in [-0.2, 0) is 19.5 Å². The van der Waals surface area contributed by atoms with Crippen molar-refractivity contribution in [1.29, 1.82) is 0 Å². The van der Waals surface area contributed by atoms with Gasteiger partial charge in [-0.3, -0.25) is 9.67 Å². The van der Waals surface area contributed by atoms with Gasteiger partial charge in [0.2, 0.25) is 0 Å². The van der Waals surface area contributed by atoms with Crippen molar-refractivity contribution < 1.29 is 4.39 Å². The van der Waals surface area contributed by atoms with Crippen LogP contribution in [0.3, 0.4) is 0 Å². The molecule has 0 spiro atoms. The van der Waals surface area contributed by atoms with Gasteiger partial charge in [0.25, 0.3) is 0 Å². The first-order valence-electron chi connectivity index (χ1n) is 21.1. The molecule has 2 aromatic carbocycles. The first-order valence-corrected chi connectivity index (χ1v) is 21.1. The zero-order chi connectivity index (χ0) is 39.8. The highest BCUT2D eigenvalue weighted by atomic mass is 19.1. The Labute approximate surface area is 331 Å². The summed E-state index contributed by atoms with van der Waals surface area (Å²) in [6, 6.07) is 8.70. The molecule has 1 aromatic heterocycles. The number of aliphatic imine (C=N–C) groups is 2. The molecule has 8 nitrogen and oxygen atoms in total. The third kappa shape index (κ3) is 9.53. The number of aryl methyl sites for hydroxylation is 3. The molecular formula is C46H69FN8. The number of piperidine rings is 1. The van der Waals surface area contributed by atoms with Crippen LogP contribution in [0.4, 0.5) is 10.1 Å². The van der Waals surface area contributed by atoms with Gasteiger partial charge in [-0.1, -0.05) is 59.8 Å². The molecule has 55 heavy (non-hydrogen) atoms. The summed E-state index contributed by atoms with van der Waals surface area (Å²) >= 11 is 0. The summed E-state index contributed by atoms with van der Waals surface area (Å²) in [5, 5.41) is 10.7. The second kappa shape index (κ2) is 19.2. The largest absolute Gasteiger partial charge is 0.376 e. The Morgan fingerprint density at radius 2 is 1.84 bits per heavy atom. The number of rotatable bonds is 10. The zero-order valence-corrected chi connectivity index (χ0v) is 35.6. The van der Waals surface area contributed by atoms with E-state index in [-0.39, 0.29) is 5.82 Å². The number of hydrogen-bond donors (Lipinski definition) is 1. The zero-order valence-electron chi connectivity index (χ0n) is 35.6. The van der Waals surface area contributed by atoms with Crippen molar-refractivity contribution in [2.75, 3.05) is 52.2 Å². The Morgan fingerprint density at radius 3 is 2.45 bits per heavy atom. The number of fused-ring (bicyclic) bond motifs is 2. The van der Waals surface area contributed by atoms with Crippen molar-refractivity contribution in [3.63, 3.8) is 0 Å². The molecule has 9 heteroatoms. The van der Waals surface area contributed by atoms with Crippen LogP contribution < -0.4 is 10.2 Å². The molecule has 4 aliphatic rings. The van der Waals surface area contributed by atoms with Crippen LogP contribution in [0.15, 0.2) is 52.2 Å². The predicted molar refractivity (Wildman–Crippen MR) is 233 cm³/mol. The van der Waals surface area contributed by atoms with Crippen LogP contribution in [0.1, 0.15) is 120 Å². The molecule has 2 saturated heterocycles. The number of anilines is 1. The van der Waals surface area contributed by atoms with Crippen molar-refractivity contribution in [3.05, 3.63) is 76.1 Å². The van der Waals surface area contributed by atoms with E-state index in [2.05, 4.69) is 75.9 Å². The lowest BCUT2D eigenvalue weighted by Gasteiger charge is -2.35. The minimum Gasteiger partial charge on any atom is -0.376 e. The predicted octanol–water partition coefficient (Wildman–Crippen LogP) is 9.76. The maximum Gasteiger partial charge on any atom is 0.133 e. The Balaban J connectivity index is 0.000000417. The first-order chi connectivity index (χ1) is 26.6. The highest BCUT2D eigenvalue weighted by molar-refractivity contribution is 6.07. The van der Waals surface area contributed by atoms with Crippen LogP contribution in [-0.4, -0.2) is 85.4 Å². The molecule has 1 saturated carbocycles. The van der Waals surface area contributed by atoms with Gasteiger partial charge >= 0.3 is 0 Å². The van der Waals surface area contributed by atoms with Gasteiger partial charge in [-0.05, 0) is 112 Å². The maximum absolute atomic E-state index is 14.9. The van der Waals surface area contributed by atoms with Gasteiger partial charge in [0.1, 0.15) is 17.3 Å². The number of hydrogen-bond acceptors (Lipinski definition) is 7. The summed E-state index contributed by atoms with van der Waals surface area (Å²) < 4.78 is 17.2. The fourth-order valence-corrected chi connectivity index (χ4v) is 8.57. The van der Waals surface area contributed by atoms with E-state index in [0.717, 1.165) is 102 Å². The van der Waals surface area contributed by atoms with E-state index in [4.69, 9.17) is 10.1 Å². The number of halogens is 1. The van der Waals surface area contributed by atoms with E-state index >= 15 is 0 Å². The topological polar surface area (TPSA) is 64.3 Å². The summed E-state index contributed by atoms with van der Waals surface area (Å²) in [6.45, 7) is 26.4. The summed E-state index contributed by atoms with van der Waals surface area (Å²) in [5.74, 6) is 2.26. The van der Waals surface area contributed by atoms with Crippen molar-refractivity contribution in [1.82, 2.24) is 24.9 Å². The van der Waals surface area contributed by atoms with E-state index in [1.807, 2.05) is 48.0 Å². The standard InChI is InChI=1S/C35H44FN7.C9H19N.C2H6/c1-8-26-28(36)13-12-25-18-22(2)19-30(32(25)26)41-17-14-27(29(20-41)37-4)35(38-5)42-15-9-16-43-31(21-42)33(24-10-11-24)34(39-43)23(3)40(6)7;1-3-8(2)7-9-5-4-6-10-9;1-2/h12-13,18-19,24H,3,5,8-11,14-17,20-21H2,1-2,4,6-7H3;8-10H,3-7H2,1-2H3;1-2H3/b35-27+,37-29?;;. The van der Waals surface area contributed by atoms with Gasteiger partial charge in [-0.25, -0.2) is 9.38 Å². The van der Waals surface area contributed by atoms with Crippen LogP contribution in [0, 0.1) is 18.7 Å². The molecule has 2 atom stereocenters. The summed E-state index contributed by atoms with van der Waals surface area (Å²) in [4.78, 5) is 16.3. The van der Waals surface area contributed by atoms with E-state index in [1.165, 1.54) is 61.9 Å². The fourth-order valence-electron chi connectivity index (χ4n) is 8.57. The van der Waals surface area contributed by atoms with Crippen LogP contribution >= 0.6 is 0 Å². The quantitative estimate of drug-likeness (QED) is 0.209. The van der Waals surface area contributed by atoms with E-state index in [9.17, 15) is 4.39 Å². The monoisotopic (exact) mass is 753 g/mol. The molecule has 4 heterocycles. The Bertz CT molecular complexity index is 1860. The average Bonchev–Trinajstić information content (AvgIpc) is 3.85. The number of benzene rings is 2. The second-order valence-corrected chi connectivity index (χ2v) is 15.9. The van der Waals surface area contributed by atoms with Crippen molar-refractivity contribution in [2.45, 2.75) is 124 Å². The second-order valence-electron chi connectivity index (χ2n) is 15.9. The van der Waals surface area contributed by atoms with E-state index < -0.39 is 0 Å². The van der Waals surface area contributed by atoms with Gasteiger partial charge in [0.15, 0.2) is 0 Å². The lowest BCUT2D eigenvalue weighted by atomic mass is 9.95. The third-order valence-electron chi connectivity index (χ3n) is 11.9. The molecule has 0 bridgehead atoms. The van der Waals surface area contributed by atoms with Gasteiger partial charge < -0.3 is 20.0 Å². The molecule has 7 rings (SSSR count). The third-order valence-corrected chi connectivity index (χ3v) is 11.9. The highest BCUT2D eigenvalue weighted by Crippen LogP contribution is 2.46. The Hall–Kier alpha value is -3.98. The molecule has 300 valence electrons. The summed E-state index contributed by atoms with van der Waals surface area (Å²) in [7, 11) is 5.95. The average molecular weight is 753 g/mol. The van der Waals surface area contributed by atoms with Crippen LogP contribution in [0.2, 0.25) is 0 Å². The van der Waals surface area contributed by atoms with Gasteiger partial charge in [-0.2, -0.15) is 5.10 Å². The van der Waals surface area contributed by atoms with Crippen LogP contribution in [0.5, 0.6) is 0 Å². The molecule has 1 aliphatic carbocycles. The molecule has 3 fully saturated rings. The molecule has 3 aliphatic heterocycles. The van der Waals surface area contributed by atoms with Crippen LogP contribution in [0.25, 0.3) is 16.5 Å². The minimum absolute atomic E-state index is 0.136. The maximum atomic E-state index is 14.9. The van der Waals surface area contributed by atoms with Gasteiger partial charge in [-0.15, -0.1) is 0 Å². The molecule has 3 aromatic rings. The van der Waals surface area contributed by atoms with E-state index in [1.54, 1.807) is 6.07 Å². The molecule has 0 radical (unpaired) electrons. The lowest BCUT2D eigenvalue weighted by Crippen LogP contribution is -2.39. The smallest absolute Gasteiger partial charge is 0.133 e. The van der Waals surface area contributed by atoms with Crippen molar-refractivity contribution in [3.8, 4) is 0 Å². The fraction of sp³-hybridized carbons (Fsp3) is 0.587. The molecule has 0 amide bonds. The summed E-state index contributed by atoms with van der Waals surface area (Å²) in [6.07, 6.45) is 10.3. The molecular weight excluding hydrogens is 684 g/mol. The Kier molecular flexibility index (Phi) is 14.8. The lowest BCUT2D eigenvalue weighted by molar-refractivity contribution is 0.334. The highest BCUT2D eigenvalue weighted by Gasteiger charge is 2.36. The van der Waals surface area contributed by atoms with E-state index in [0.29, 0.717) is 18.9 Å². The SMILES string of the molecule is C=N/C(=C1/CCN(c2cc(C)cc3ccc(F)c(CC)c23)CC1=NC)N1CCCn2nc(C(=C)N(C)C)c(C3CC3)c2C1.CC.CCC(C)CC1CCCN1. The molecule has 2 unspecified atom stereocenters. The van der Waals surface area contributed by atoms with Gasteiger partial charge in [0, 0.05) is 69.0 Å². The molecule has 1 N–H and O–H groups in total. The minimum atomic E-state index is -0.136. The number of aromatic nitrogens is 2. The van der Waals surface area contributed by atoms with Crippen molar-refractivity contribution >= 4 is 34.6 Å². The Morgan fingerprint density at radius 1 is 1.07 bits per heavy atom. The normalized spacial score (nSPS) is 20.5.